The van der Waals surface area contributed by atoms with Crippen molar-refractivity contribution in [3.63, 3.8) is 0 Å². The summed E-state index contributed by atoms with van der Waals surface area (Å²) in [7, 11) is 0. The number of aromatic nitrogens is 1. The molecule has 0 radical (unpaired) electrons. The molecule has 0 atom stereocenters. The highest BCUT2D eigenvalue weighted by Gasteiger charge is 2.15. The number of hydrogen-bond donors (Lipinski definition) is 2. The maximum absolute atomic E-state index is 12.1. The Labute approximate surface area is 148 Å². The van der Waals surface area contributed by atoms with Gasteiger partial charge in [0.1, 0.15) is 0 Å². The predicted octanol–water partition coefficient (Wildman–Crippen LogP) is 2.84. The van der Waals surface area contributed by atoms with Crippen LogP contribution in [0.1, 0.15) is 15.9 Å². The Morgan fingerprint density at radius 2 is 1.96 bits per heavy atom. The van der Waals surface area contributed by atoms with Gasteiger partial charge in [-0.1, -0.05) is 23.7 Å². The maximum Gasteiger partial charge on any atom is 0.280 e. The summed E-state index contributed by atoms with van der Waals surface area (Å²) in [6, 6.07) is 12.5. The van der Waals surface area contributed by atoms with Crippen LogP contribution in [0.5, 0.6) is 0 Å². The van der Waals surface area contributed by atoms with Crippen LogP contribution < -0.4 is 11.5 Å². The molecule has 0 saturated heterocycles. The summed E-state index contributed by atoms with van der Waals surface area (Å²) in [5.41, 5.74) is 12.6. The highest BCUT2D eigenvalue weighted by molar-refractivity contribution is 6.33. The second-order valence-corrected chi connectivity index (χ2v) is 5.64. The molecule has 0 aliphatic carbocycles. The van der Waals surface area contributed by atoms with Crippen LogP contribution in [0.15, 0.2) is 53.8 Å². The zero-order valence-corrected chi connectivity index (χ0v) is 13.7. The molecule has 3 aromatic rings. The lowest BCUT2D eigenvalue weighted by Gasteiger charge is -2.11. The number of rotatable bonds is 2. The number of carbonyl (C=O) groups is 1. The highest BCUT2D eigenvalue weighted by atomic mass is 35.5. The molecule has 4 N–H and O–H groups in total. The third-order valence-corrected chi connectivity index (χ3v) is 3.96. The molecule has 1 amide bonds. The minimum absolute atomic E-state index is 0.308. The van der Waals surface area contributed by atoms with Crippen LogP contribution in [0.3, 0.4) is 0 Å². The van der Waals surface area contributed by atoms with Gasteiger partial charge in [-0.2, -0.15) is 10.3 Å². The van der Waals surface area contributed by atoms with Gasteiger partial charge in [-0.15, -0.1) is 0 Å². The van der Waals surface area contributed by atoms with Gasteiger partial charge in [0.25, 0.3) is 5.91 Å². The van der Waals surface area contributed by atoms with Crippen LogP contribution in [0, 0.1) is 11.3 Å². The van der Waals surface area contributed by atoms with E-state index in [1.807, 2.05) is 0 Å². The van der Waals surface area contributed by atoms with Crippen molar-refractivity contribution in [3.8, 4) is 17.2 Å². The molecule has 1 heterocycles. The summed E-state index contributed by atoms with van der Waals surface area (Å²) < 4.78 is 0. The molecule has 0 bridgehead atoms. The number of guanidine groups is 1. The van der Waals surface area contributed by atoms with Gasteiger partial charge >= 0.3 is 0 Å². The fraction of sp³-hybridized carbons (Fsp3) is 0. The van der Waals surface area contributed by atoms with Crippen molar-refractivity contribution < 1.29 is 4.79 Å². The standard InChI is InChI=1S/C18H12ClN5O/c19-15-9-23-6-5-13(15)16-12(8-20)4-2-10-1-3-11(7-14(10)16)17(25)24-18(21)22/h1-7,9H,(H4,21,22,24,25). The molecule has 0 spiro atoms. The lowest BCUT2D eigenvalue weighted by atomic mass is 9.93. The first-order valence-corrected chi connectivity index (χ1v) is 7.60. The number of aliphatic imine (C=N–C) groups is 1. The summed E-state index contributed by atoms with van der Waals surface area (Å²) >= 11 is 6.27. The van der Waals surface area contributed by atoms with Crippen LogP contribution in [-0.2, 0) is 0 Å². The number of pyridine rings is 1. The number of halogens is 1. The van der Waals surface area contributed by atoms with E-state index in [0.29, 0.717) is 32.7 Å². The predicted molar refractivity (Wildman–Crippen MR) is 97.0 cm³/mol. The van der Waals surface area contributed by atoms with Crippen molar-refractivity contribution in [2.24, 2.45) is 16.5 Å². The lowest BCUT2D eigenvalue weighted by molar-refractivity contribution is 0.100. The van der Waals surface area contributed by atoms with Gasteiger partial charge in [-0.05, 0) is 35.0 Å². The Morgan fingerprint density at radius 3 is 2.64 bits per heavy atom. The van der Waals surface area contributed by atoms with E-state index in [1.165, 1.54) is 6.20 Å². The van der Waals surface area contributed by atoms with Gasteiger partial charge in [-0.3, -0.25) is 9.78 Å². The summed E-state index contributed by atoms with van der Waals surface area (Å²) in [6.45, 7) is 0. The number of hydrogen-bond acceptors (Lipinski definition) is 3. The molecule has 0 unspecified atom stereocenters. The van der Waals surface area contributed by atoms with E-state index in [9.17, 15) is 10.1 Å². The van der Waals surface area contributed by atoms with E-state index in [0.717, 1.165) is 5.39 Å². The number of nitrogens with zero attached hydrogens (tertiary/aromatic N) is 3. The molecule has 0 aliphatic heterocycles. The highest BCUT2D eigenvalue weighted by Crippen LogP contribution is 2.36. The molecule has 7 heteroatoms. The van der Waals surface area contributed by atoms with Crippen LogP contribution >= 0.6 is 11.6 Å². The molecule has 1 aromatic heterocycles. The summed E-state index contributed by atoms with van der Waals surface area (Å²) in [6.07, 6.45) is 3.10. The zero-order valence-electron chi connectivity index (χ0n) is 12.9. The van der Waals surface area contributed by atoms with Crippen molar-refractivity contribution in [3.05, 3.63) is 64.9 Å². The third-order valence-electron chi connectivity index (χ3n) is 3.66. The molecule has 3 rings (SSSR count). The molecule has 0 fully saturated rings. The second-order valence-electron chi connectivity index (χ2n) is 5.23. The van der Waals surface area contributed by atoms with Crippen LogP contribution in [-0.4, -0.2) is 16.9 Å². The zero-order chi connectivity index (χ0) is 18.0. The van der Waals surface area contributed by atoms with E-state index < -0.39 is 5.91 Å². The normalized spacial score (nSPS) is 10.2. The Kier molecular flexibility index (Phi) is 4.33. The number of fused-ring (bicyclic) bond motifs is 1. The smallest absolute Gasteiger partial charge is 0.280 e. The van der Waals surface area contributed by atoms with Gasteiger partial charge in [0.15, 0.2) is 5.96 Å². The first kappa shape index (κ1) is 16.4. The molecule has 0 aliphatic rings. The molecular weight excluding hydrogens is 338 g/mol. The minimum atomic E-state index is -0.559. The molecular formula is C18H12ClN5O. The van der Waals surface area contributed by atoms with Gasteiger partial charge in [0, 0.05) is 29.1 Å². The fourth-order valence-electron chi connectivity index (χ4n) is 2.60. The van der Waals surface area contributed by atoms with Crippen molar-refractivity contribution >= 4 is 34.2 Å². The van der Waals surface area contributed by atoms with Crippen LogP contribution in [0.4, 0.5) is 0 Å². The van der Waals surface area contributed by atoms with E-state index in [1.54, 1.807) is 42.6 Å². The van der Waals surface area contributed by atoms with Crippen LogP contribution in [0.2, 0.25) is 5.02 Å². The van der Waals surface area contributed by atoms with Gasteiger partial charge in [0.05, 0.1) is 16.7 Å². The van der Waals surface area contributed by atoms with Crippen molar-refractivity contribution in [1.82, 2.24) is 4.98 Å². The van der Waals surface area contributed by atoms with Gasteiger partial charge in [-0.25, -0.2) is 0 Å². The number of amides is 1. The summed E-state index contributed by atoms with van der Waals surface area (Å²) in [5.74, 6) is -0.871. The fourth-order valence-corrected chi connectivity index (χ4v) is 2.81. The van der Waals surface area contributed by atoms with E-state index in [4.69, 9.17) is 23.1 Å². The summed E-state index contributed by atoms with van der Waals surface area (Å²) in [5, 5.41) is 11.5. The lowest BCUT2D eigenvalue weighted by Crippen LogP contribution is -2.24. The topological polar surface area (TPSA) is 118 Å². The van der Waals surface area contributed by atoms with Gasteiger partial charge < -0.3 is 11.5 Å². The van der Waals surface area contributed by atoms with Crippen molar-refractivity contribution in [2.45, 2.75) is 0 Å². The molecule has 6 nitrogen and oxygen atoms in total. The number of nitrogens with two attached hydrogens (primary N) is 2. The average Bonchev–Trinajstić information content (AvgIpc) is 2.60. The van der Waals surface area contributed by atoms with Crippen molar-refractivity contribution in [2.75, 3.05) is 0 Å². The Hall–Kier alpha value is -3.43. The first-order valence-electron chi connectivity index (χ1n) is 7.22. The van der Waals surface area contributed by atoms with Crippen LogP contribution in [0.25, 0.3) is 21.9 Å². The Balaban J connectivity index is 2.34. The third kappa shape index (κ3) is 3.13. The Morgan fingerprint density at radius 1 is 1.20 bits per heavy atom. The molecule has 2 aromatic carbocycles. The second kappa shape index (κ2) is 6.59. The van der Waals surface area contributed by atoms with E-state index >= 15 is 0 Å². The molecule has 122 valence electrons. The van der Waals surface area contributed by atoms with Crippen molar-refractivity contribution in [1.29, 1.82) is 5.26 Å². The minimum Gasteiger partial charge on any atom is -0.370 e. The SMILES string of the molecule is N#Cc1ccc2ccc(C(=O)N=C(N)N)cc2c1-c1ccncc1Cl. The quantitative estimate of drug-likeness (QED) is 0.544. The largest absolute Gasteiger partial charge is 0.370 e. The molecule has 25 heavy (non-hydrogen) atoms. The van der Waals surface area contributed by atoms with E-state index in [2.05, 4.69) is 16.0 Å². The number of nitriles is 1. The number of carbonyl (C=O) groups excluding carboxylic acids is 1. The van der Waals surface area contributed by atoms with E-state index in [-0.39, 0.29) is 5.96 Å². The maximum atomic E-state index is 12.1. The first-order chi connectivity index (χ1) is 12.0. The molecule has 0 saturated carbocycles. The summed E-state index contributed by atoms with van der Waals surface area (Å²) in [4.78, 5) is 19.6. The number of benzene rings is 2. The monoisotopic (exact) mass is 349 g/mol. The average molecular weight is 350 g/mol. The Bertz CT molecular complexity index is 1060. The van der Waals surface area contributed by atoms with Gasteiger partial charge in [0.2, 0.25) is 0 Å².